The quantitative estimate of drug-likeness (QED) is 0.576. The van der Waals surface area contributed by atoms with Gasteiger partial charge in [0.15, 0.2) is 0 Å². The molecule has 18 heavy (non-hydrogen) atoms. The van der Waals surface area contributed by atoms with Gasteiger partial charge < -0.3 is 10.2 Å². The van der Waals surface area contributed by atoms with Crippen LogP contribution in [0.5, 0.6) is 0 Å². The van der Waals surface area contributed by atoms with Crippen LogP contribution in [-0.2, 0) is 15.0 Å². The number of rotatable bonds is 7. The fourth-order valence-corrected chi connectivity index (χ4v) is 2.93. The van der Waals surface area contributed by atoms with Gasteiger partial charge in [-0.05, 0) is 18.8 Å². The third kappa shape index (κ3) is 4.52. The van der Waals surface area contributed by atoms with Gasteiger partial charge in [-0.25, -0.2) is 4.72 Å². The Balaban J connectivity index is 2.41. The molecule has 8 heteroatoms. The third-order valence-corrected chi connectivity index (χ3v) is 4.73. The predicted molar refractivity (Wildman–Crippen MR) is 65.2 cm³/mol. The van der Waals surface area contributed by atoms with E-state index in [0.29, 0.717) is 6.42 Å². The number of aliphatic hydroxyl groups is 1. The fourth-order valence-electron chi connectivity index (χ4n) is 1.95. The molecule has 0 aliphatic heterocycles. The number of aliphatic hydroxyl groups excluding tert-OH is 1. The van der Waals surface area contributed by atoms with Crippen molar-refractivity contribution >= 4 is 16.2 Å². The highest BCUT2D eigenvalue weighted by Gasteiger charge is 2.27. The summed E-state index contributed by atoms with van der Waals surface area (Å²) < 4.78 is 26.9. The minimum Gasteiger partial charge on any atom is -0.481 e. The normalized spacial score (nSPS) is 24.6. The predicted octanol–water partition coefficient (Wildman–Crippen LogP) is -0.612. The van der Waals surface area contributed by atoms with Gasteiger partial charge in [0.25, 0.3) is 10.2 Å². The summed E-state index contributed by atoms with van der Waals surface area (Å²) in [7, 11) is -2.33. The fraction of sp³-hybridized carbons (Fsp3) is 0.900. The van der Waals surface area contributed by atoms with Gasteiger partial charge in [0.2, 0.25) is 0 Å². The Bertz CT molecular complexity index is 384. The second-order valence-electron chi connectivity index (χ2n) is 4.58. The van der Waals surface area contributed by atoms with E-state index in [1.54, 1.807) is 0 Å². The highest BCUT2D eigenvalue weighted by Crippen LogP contribution is 2.24. The van der Waals surface area contributed by atoms with Crippen molar-refractivity contribution < 1.29 is 23.4 Å². The van der Waals surface area contributed by atoms with Crippen molar-refractivity contribution in [2.45, 2.75) is 31.8 Å². The zero-order valence-electron chi connectivity index (χ0n) is 10.4. The van der Waals surface area contributed by atoms with Gasteiger partial charge in [0.05, 0.1) is 12.5 Å². The van der Waals surface area contributed by atoms with Gasteiger partial charge in [-0.1, -0.05) is 6.42 Å². The van der Waals surface area contributed by atoms with Crippen molar-refractivity contribution in [3.8, 4) is 0 Å². The smallest absolute Gasteiger partial charge is 0.304 e. The van der Waals surface area contributed by atoms with Crippen LogP contribution in [0.15, 0.2) is 0 Å². The number of nitrogens with one attached hydrogen (secondary N) is 1. The second-order valence-corrected chi connectivity index (χ2v) is 6.44. The lowest BCUT2D eigenvalue weighted by atomic mass is 10.1. The molecular weight excluding hydrogens is 260 g/mol. The molecule has 1 rings (SSSR count). The standard InChI is InChI=1S/C10H20N2O5S/c1-12(6-5-10(14)15)18(16,17)11-7-8-3-2-4-9(8)13/h8-9,11,13H,2-7H2,1H3,(H,14,15). The lowest BCUT2D eigenvalue weighted by Crippen LogP contribution is -2.42. The molecule has 1 aliphatic carbocycles. The zero-order chi connectivity index (χ0) is 13.8. The van der Waals surface area contributed by atoms with Gasteiger partial charge in [-0.2, -0.15) is 12.7 Å². The monoisotopic (exact) mass is 280 g/mol. The van der Waals surface area contributed by atoms with E-state index < -0.39 is 22.3 Å². The van der Waals surface area contributed by atoms with Crippen LogP contribution in [0.25, 0.3) is 0 Å². The van der Waals surface area contributed by atoms with Crippen LogP contribution in [0.3, 0.4) is 0 Å². The molecule has 0 bridgehead atoms. The summed E-state index contributed by atoms with van der Waals surface area (Å²) in [6, 6.07) is 0. The Labute approximate surface area is 107 Å². The van der Waals surface area contributed by atoms with Gasteiger partial charge in [0, 0.05) is 20.1 Å². The number of carboxylic acids is 1. The topological polar surface area (TPSA) is 107 Å². The summed E-state index contributed by atoms with van der Waals surface area (Å²) in [4.78, 5) is 10.4. The number of aliphatic carboxylic acids is 1. The van der Waals surface area contributed by atoms with Crippen LogP contribution in [0.4, 0.5) is 0 Å². The van der Waals surface area contributed by atoms with Gasteiger partial charge in [-0.3, -0.25) is 4.79 Å². The average molecular weight is 280 g/mol. The number of carbonyl (C=O) groups is 1. The summed E-state index contributed by atoms with van der Waals surface area (Å²) in [5.74, 6) is -1.09. The van der Waals surface area contributed by atoms with Crippen LogP contribution in [0, 0.1) is 5.92 Å². The first-order valence-corrected chi connectivity index (χ1v) is 7.37. The molecule has 0 amide bonds. The zero-order valence-corrected chi connectivity index (χ0v) is 11.2. The Kier molecular flexibility index (Phi) is 5.51. The van der Waals surface area contributed by atoms with Crippen molar-refractivity contribution in [3.63, 3.8) is 0 Å². The van der Waals surface area contributed by atoms with Gasteiger partial charge >= 0.3 is 5.97 Å². The number of hydrogen-bond donors (Lipinski definition) is 3. The molecule has 0 radical (unpaired) electrons. The molecule has 0 saturated heterocycles. The van der Waals surface area contributed by atoms with Crippen LogP contribution in [0.2, 0.25) is 0 Å². The summed E-state index contributed by atoms with van der Waals surface area (Å²) in [5.41, 5.74) is 0. The Hall–Kier alpha value is -0.700. The molecule has 0 spiro atoms. The molecule has 0 heterocycles. The SMILES string of the molecule is CN(CCC(=O)O)S(=O)(=O)NCC1CCCC1O. The Morgan fingerprint density at radius 1 is 1.44 bits per heavy atom. The molecule has 1 aliphatic rings. The van der Waals surface area contributed by atoms with E-state index in [0.717, 1.165) is 17.1 Å². The van der Waals surface area contributed by atoms with E-state index in [-0.39, 0.29) is 25.4 Å². The number of nitrogens with zero attached hydrogens (tertiary/aromatic N) is 1. The Morgan fingerprint density at radius 3 is 2.61 bits per heavy atom. The molecular formula is C10H20N2O5S. The van der Waals surface area contributed by atoms with Crippen molar-refractivity contribution in [2.24, 2.45) is 5.92 Å². The molecule has 3 N–H and O–H groups in total. The van der Waals surface area contributed by atoms with E-state index in [1.807, 2.05) is 0 Å². The van der Waals surface area contributed by atoms with Crippen molar-refractivity contribution in [1.29, 1.82) is 0 Å². The van der Waals surface area contributed by atoms with Crippen LogP contribution >= 0.6 is 0 Å². The highest BCUT2D eigenvalue weighted by molar-refractivity contribution is 7.87. The van der Waals surface area contributed by atoms with E-state index in [9.17, 15) is 18.3 Å². The maximum atomic E-state index is 11.7. The first-order valence-electron chi connectivity index (χ1n) is 5.93. The molecule has 2 atom stereocenters. The van der Waals surface area contributed by atoms with Crippen LogP contribution < -0.4 is 4.72 Å². The molecule has 1 fully saturated rings. The molecule has 0 aromatic rings. The molecule has 2 unspecified atom stereocenters. The molecule has 106 valence electrons. The van der Waals surface area contributed by atoms with Crippen molar-refractivity contribution in [3.05, 3.63) is 0 Å². The first kappa shape index (κ1) is 15.4. The lowest BCUT2D eigenvalue weighted by Gasteiger charge is -2.20. The summed E-state index contributed by atoms with van der Waals surface area (Å²) in [6.07, 6.45) is 1.74. The second kappa shape index (κ2) is 6.46. The van der Waals surface area contributed by atoms with E-state index in [4.69, 9.17) is 5.11 Å². The van der Waals surface area contributed by atoms with E-state index >= 15 is 0 Å². The first-order chi connectivity index (χ1) is 8.33. The van der Waals surface area contributed by atoms with E-state index in [1.165, 1.54) is 7.05 Å². The summed E-state index contributed by atoms with van der Waals surface area (Å²) in [6.45, 7) is 0.124. The molecule has 7 nitrogen and oxygen atoms in total. The van der Waals surface area contributed by atoms with Crippen LogP contribution in [0.1, 0.15) is 25.7 Å². The Morgan fingerprint density at radius 2 is 2.11 bits per heavy atom. The highest BCUT2D eigenvalue weighted by atomic mass is 32.2. The lowest BCUT2D eigenvalue weighted by molar-refractivity contribution is -0.137. The maximum absolute atomic E-state index is 11.7. The van der Waals surface area contributed by atoms with E-state index in [2.05, 4.69) is 4.72 Å². The molecule has 1 saturated carbocycles. The average Bonchev–Trinajstić information content (AvgIpc) is 2.69. The molecule has 0 aromatic carbocycles. The van der Waals surface area contributed by atoms with Crippen molar-refractivity contribution in [1.82, 2.24) is 9.03 Å². The number of carboxylic acid groups (broad SMARTS) is 1. The summed E-state index contributed by atoms with van der Waals surface area (Å²) >= 11 is 0. The number of hydrogen-bond acceptors (Lipinski definition) is 4. The van der Waals surface area contributed by atoms with Crippen LogP contribution in [-0.4, -0.2) is 55.1 Å². The van der Waals surface area contributed by atoms with Gasteiger partial charge in [-0.15, -0.1) is 0 Å². The maximum Gasteiger partial charge on any atom is 0.304 e. The van der Waals surface area contributed by atoms with Gasteiger partial charge in [0.1, 0.15) is 0 Å². The largest absolute Gasteiger partial charge is 0.481 e. The minimum absolute atomic E-state index is 0.0485. The minimum atomic E-state index is -3.66. The van der Waals surface area contributed by atoms with Crippen molar-refractivity contribution in [2.75, 3.05) is 20.1 Å². The summed E-state index contributed by atoms with van der Waals surface area (Å²) in [5, 5.41) is 18.1. The molecule has 0 aromatic heterocycles. The third-order valence-electron chi connectivity index (χ3n) is 3.20.